The quantitative estimate of drug-likeness (QED) is 0.249. The Bertz CT molecular complexity index is 1290. The molecular weight excluding hydrogens is 488 g/mol. The fourth-order valence-electron chi connectivity index (χ4n) is 4.93. The second kappa shape index (κ2) is 12.4. The molecule has 3 aromatic rings. The molecule has 38 heavy (non-hydrogen) atoms. The number of fused-ring (bicyclic) bond motifs is 1. The van der Waals surface area contributed by atoms with Crippen molar-refractivity contribution < 1.29 is 29.4 Å². The molecule has 1 saturated carbocycles. The van der Waals surface area contributed by atoms with Crippen LogP contribution in [0, 0.1) is 6.92 Å². The second-order valence-corrected chi connectivity index (χ2v) is 9.49. The van der Waals surface area contributed by atoms with Crippen molar-refractivity contribution >= 4 is 28.8 Å². The molecule has 0 bridgehead atoms. The van der Waals surface area contributed by atoms with Gasteiger partial charge in [0.25, 0.3) is 11.8 Å². The lowest BCUT2D eigenvalue weighted by Crippen LogP contribution is -2.49. The summed E-state index contributed by atoms with van der Waals surface area (Å²) in [5.41, 5.74) is 5.10. The maximum atomic E-state index is 12.7. The molecule has 4 rings (SSSR count). The monoisotopic (exact) mass is 520 g/mol. The number of aryl methyl sites for hydroxylation is 1. The zero-order valence-corrected chi connectivity index (χ0v) is 21.2. The van der Waals surface area contributed by atoms with Crippen molar-refractivity contribution in [3.63, 3.8) is 0 Å². The van der Waals surface area contributed by atoms with Crippen molar-refractivity contribution in [3.8, 4) is 5.75 Å². The summed E-state index contributed by atoms with van der Waals surface area (Å²) >= 11 is 0. The molecule has 1 fully saturated rings. The molecule has 200 valence electrons. The number of amides is 3. The van der Waals surface area contributed by atoms with Gasteiger partial charge in [0.15, 0.2) is 0 Å². The predicted octanol–water partition coefficient (Wildman–Crippen LogP) is 3.69. The zero-order chi connectivity index (χ0) is 27.1. The molecule has 0 saturated heterocycles. The van der Waals surface area contributed by atoms with Crippen molar-refractivity contribution in [1.82, 2.24) is 20.7 Å². The Labute approximate surface area is 220 Å². The third kappa shape index (κ3) is 6.77. The summed E-state index contributed by atoms with van der Waals surface area (Å²) in [6.07, 6.45) is 1.71. The molecule has 0 atom stereocenters. The van der Waals surface area contributed by atoms with Crippen LogP contribution >= 0.6 is 0 Å². The highest BCUT2D eigenvalue weighted by Gasteiger charge is 2.30. The molecule has 0 radical (unpaired) electrons. The van der Waals surface area contributed by atoms with Gasteiger partial charge in [-0.25, -0.2) is 10.3 Å². The lowest BCUT2D eigenvalue weighted by Gasteiger charge is -2.35. The average Bonchev–Trinajstić information content (AvgIpc) is 2.92. The van der Waals surface area contributed by atoms with E-state index >= 15 is 0 Å². The average molecular weight is 521 g/mol. The summed E-state index contributed by atoms with van der Waals surface area (Å²) in [5, 5.41) is 22.2. The summed E-state index contributed by atoms with van der Waals surface area (Å²) < 4.78 is 5.92. The Kier molecular flexibility index (Phi) is 8.75. The van der Waals surface area contributed by atoms with E-state index in [0.29, 0.717) is 43.6 Å². The van der Waals surface area contributed by atoms with Gasteiger partial charge in [-0.2, -0.15) is 0 Å². The highest BCUT2D eigenvalue weighted by molar-refractivity contribution is 5.94. The van der Waals surface area contributed by atoms with E-state index in [2.05, 4.69) is 22.4 Å². The molecule has 10 heteroatoms. The minimum Gasteiger partial charge on any atom is -0.493 e. The number of para-hydroxylation sites is 1. The number of carbonyl (C=O) groups is 3. The summed E-state index contributed by atoms with van der Waals surface area (Å²) in [6.45, 7) is 2.05. The van der Waals surface area contributed by atoms with E-state index in [1.165, 1.54) is 11.0 Å². The highest BCUT2D eigenvalue weighted by atomic mass is 16.5. The summed E-state index contributed by atoms with van der Waals surface area (Å²) in [5.74, 6) is -0.303. The molecule has 1 heterocycles. The van der Waals surface area contributed by atoms with Gasteiger partial charge in [0.2, 0.25) is 0 Å². The third-order valence-corrected chi connectivity index (χ3v) is 6.84. The number of rotatable bonds is 9. The van der Waals surface area contributed by atoms with Gasteiger partial charge in [-0.3, -0.25) is 24.7 Å². The molecule has 3 amide bonds. The van der Waals surface area contributed by atoms with Crippen LogP contribution in [0.2, 0.25) is 0 Å². The van der Waals surface area contributed by atoms with Crippen LogP contribution in [0.25, 0.3) is 10.9 Å². The first-order valence-electron chi connectivity index (χ1n) is 12.7. The van der Waals surface area contributed by atoms with Crippen LogP contribution in [0.1, 0.15) is 47.3 Å². The Balaban J connectivity index is 1.25. The summed E-state index contributed by atoms with van der Waals surface area (Å²) in [7, 11) is 0. The van der Waals surface area contributed by atoms with Crippen molar-refractivity contribution in [2.75, 3.05) is 13.2 Å². The van der Waals surface area contributed by atoms with Gasteiger partial charge in [-0.05, 0) is 74.6 Å². The summed E-state index contributed by atoms with van der Waals surface area (Å²) in [6, 6.07) is 16.7. The Morgan fingerprint density at radius 3 is 2.45 bits per heavy atom. The first-order chi connectivity index (χ1) is 18.3. The largest absolute Gasteiger partial charge is 0.493 e. The minimum absolute atomic E-state index is 0.0874. The first kappa shape index (κ1) is 26.9. The molecular formula is C28H32N4O6. The van der Waals surface area contributed by atoms with E-state index in [1.807, 2.05) is 25.1 Å². The highest BCUT2D eigenvalue weighted by Crippen LogP contribution is 2.24. The van der Waals surface area contributed by atoms with E-state index in [1.54, 1.807) is 24.3 Å². The van der Waals surface area contributed by atoms with E-state index in [9.17, 15) is 19.5 Å². The maximum absolute atomic E-state index is 12.7. The first-order valence-corrected chi connectivity index (χ1v) is 12.7. The molecule has 1 aliphatic rings. The Morgan fingerprint density at radius 2 is 1.76 bits per heavy atom. The SMILES string of the molecule is Cc1cc(CCOc2ccc(C(=O)NC3CCC(N(CC(=O)NO)C(=O)O)CC3)cc2)c2ccccc2n1. The molecule has 4 N–H and O–H groups in total. The standard InChI is InChI=1S/C28H32N4O6/c1-18-16-20(24-4-2-3-5-25(24)29-18)14-15-38-23-12-6-19(7-13-23)27(34)30-21-8-10-22(11-9-21)32(28(35)36)17-26(33)31-37/h2-7,12-13,16,21-22,37H,8-11,14-15,17H2,1H3,(H,30,34)(H,31,33)(H,35,36). The number of benzene rings is 2. The molecule has 1 aromatic heterocycles. The van der Waals surface area contributed by atoms with Crippen LogP contribution in [0.5, 0.6) is 5.75 Å². The maximum Gasteiger partial charge on any atom is 0.408 e. The number of pyridine rings is 1. The fourth-order valence-corrected chi connectivity index (χ4v) is 4.93. The van der Waals surface area contributed by atoms with Crippen LogP contribution < -0.4 is 15.5 Å². The van der Waals surface area contributed by atoms with E-state index in [4.69, 9.17) is 9.94 Å². The Hall–Kier alpha value is -4.18. The zero-order valence-electron chi connectivity index (χ0n) is 21.2. The van der Waals surface area contributed by atoms with Crippen molar-refractivity contribution in [1.29, 1.82) is 0 Å². The second-order valence-electron chi connectivity index (χ2n) is 9.49. The number of hydrogen-bond acceptors (Lipinski definition) is 6. The van der Waals surface area contributed by atoms with Gasteiger partial charge >= 0.3 is 6.09 Å². The van der Waals surface area contributed by atoms with Crippen LogP contribution in [0.4, 0.5) is 4.79 Å². The Morgan fingerprint density at radius 1 is 1.05 bits per heavy atom. The van der Waals surface area contributed by atoms with Gasteiger partial charge in [-0.15, -0.1) is 0 Å². The van der Waals surface area contributed by atoms with Crippen LogP contribution in [0.15, 0.2) is 54.6 Å². The fraction of sp³-hybridized carbons (Fsp3) is 0.357. The van der Waals surface area contributed by atoms with Crippen molar-refractivity contribution in [2.24, 2.45) is 0 Å². The van der Waals surface area contributed by atoms with Crippen molar-refractivity contribution in [3.05, 3.63) is 71.4 Å². The third-order valence-electron chi connectivity index (χ3n) is 6.84. The lowest BCUT2D eigenvalue weighted by atomic mass is 9.90. The number of ether oxygens (including phenoxy) is 1. The molecule has 0 spiro atoms. The number of nitrogens with zero attached hydrogens (tertiary/aromatic N) is 2. The number of carbonyl (C=O) groups excluding carboxylic acids is 2. The number of hydrogen-bond donors (Lipinski definition) is 4. The topological polar surface area (TPSA) is 141 Å². The van der Waals surface area contributed by atoms with Gasteiger partial charge in [0.05, 0.1) is 12.1 Å². The van der Waals surface area contributed by atoms with Gasteiger partial charge in [0, 0.05) is 35.1 Å². The number of carboxylic acid groups (broad SMARTS) is 1. The molecule has 2 aromatic carbocycles. The lowest BCUT2D eigenvalue weighted by molar-refractivity contribution is -0.130. The normalized spacial score (nSPS) is 17.0. The summed E-state index contributed by atoms with van der Waals surface area (Å²) in [4.78, 5) is 41.3. The minimum atomic E-state index is -1.22. The smallest absolute Gasteiger partial charge is 0.408 e. The van der Waals surface area contributed by atoms with E-state index < -0.39 is 18.5 Å². The molecule has 1 aliphatic carbocycles. The van der Waals surface area contributed by atoms with Crippen LogP contribution in [-0.2, 0) is 11.2 Å². The predicted molar refractivity (Wildman–Crippen MR) is 140 cm³/mol. The van der Waals surface area contributed by atoms with Crippen LogP contribution in [-0.4, -0.2) is 63.3 Å². The van der Waals surface area contributed by atoms with Crippen molar-refractivity contribution in [2.45, 2.75) is 51.1 Å². The number of nitrogens with one attached hydrogen (secondary N) is 2. The van der Waals surface area contributed by atoms with Gasteiger partial charge in [0.1, 0.15) is 12.3 Å². The number of aromatic nitrogens is 1. The molecule has 10 nitrogen and oxygen atoms in total. The number of hydroxylamine groups is 1. The van der Waals surface area contributed by atoms with Crippen LogP contribution in [0.3, 0.4) is 0 Å². The molecule has 0 unspecified atom stereocenters. The van der Waals surface area contributed by atoms with E-state index in [0.717, 1.165) is 27.9 Å². The van der Waals surface area contributed by atoms with Gasteiger partial charge < -0.3 is 15.2 Å². The van der Waals surface area contributed by atoms with Gasteiger partial charge in [-0.1, -0.05) is 18.2 Å². The van der Waals surface area contributed by atoms with E-state index in [-0.39, 0.29) is 18.0 Å². The molecule has 0 aliphatic heterocycles.